The van der Waals surface area contributed by atoms with E-state index in [1.807, 2.05) is 11.0 Å². The van der Waals surface area contributed by atoms with Crippen LogP contribution in [-0.4, -0.2) is 119 Å². The van der Waals surface area contributed by atoms with Gasteiger partial charge >= 0.3 is 5.97 Å². The number of allylic oxidation sites excluding steroid dienone is 1. The Morgan fingerprint density at radius 3 is 2.59 bits per heavy atom. The second-order valence-electron chi connectivity index (χ2n) is 11.2. The van der Waals surface area contributed by atoms with Crippen molar-refractivity contribution in [3.05, 3.63) is 24.3 Å². The van der Waals surface area contributed by atoms with E-state index < -0.39 is 22.6 Å². The van der Waals surface area contributed by atoms with E-state index in [-0.39, 0.29) is 29.6 Å². The van der Waals surface area contributed by atoms with Crippen molar-refractivity contribution in [3.63, 3.8) is 0 Å². The Kier molecular flexibility index (Phi) is 9.69. The Labute approximate surface area is 235 Å². The fourth-order valence-electron chi connectivity index (χ4n) is 6.74. The number of fused-ring (bicyclic) bond motifs is 2. The zero-order chi connectivity index (χ0) is 27.2. The third kappa shape index (κ3) is 5.94. The Hall–Kier alpha value is -1.88. The summed E-state index contributed by atoms with van der Waals surface area (Å²) in [5.41, 5.74) is 0. The van der Waals surface area contributed by atoms with Crippen LogP contribution in [0.15, 0.2) is 24.3 Å². The number of esters is 1. The highest BCUT2D eigenvalue weighted by Crippen LogP contribution is 2.60. The highest BCUT2D eigenvalue weighted by molar-refractivity contribution is 8.02. The average Bonchev–Trinajstić information content (AvgIpc) is 3.33. The van der Waals surface area contributed by atoms with Crippen LogP contribution < -0.4 is 0 Å². The third-order valence-electron chi connectivity index (χ3n) is 8.78. The largest absolute Gasteiger partial charge is 0.465 e. The Morgan fingerprint density at radius 2 is 1.77 bits per heavy atom. The number of nitrogens with zero attached hydrogens (tertiary/aromatic N) is 3. The Bertz CT molecular complexity index is 953. The van der Waals surface area contributed by atoms with E-state index in [0.717, 1.165) is 64.6 Å². The molecule has 9 nitrogen and oxygen atoms in total. The molecule has 5 rings (SSSR count). The van der Waals surface area contributed by atoms with Crippen LogP contribution in [0.4, 0.5) is 0 Å². The second-order valence-corrected chi connectivity index (χ2v) is 12.7. The molecule has 10 heteroatoms. The van der Waals surface area contributed by atoms with E-state index in [9.17, 15) is 14.4 Å². The fourth-order valence-corrected chi connectivity index (χ4v) is 8.74. The minimum absolute atomic E-state index is 0.0203. The van der Waals surface area contributed by atoms with Gasteiger partial charge in [0.1, 0.15) is 6.04 Å². The molecule has 0 bridgehead atoms. The maximum absolute atomic E-state index is 14.3. The second kappa shape index (κ2) is 13.2. The number of likely N-dealkylation sites (tertiary alicyclic amines) is 1. The molecule has 1 N–H and O–H groups in total. The van der Waals surface area contributed by atoms with E-state index >= 15 is 0 Å². The molecular weight excluding hydrogens is 518 g/mol. The quantitative estimate of drug-likeness (QED) is 0.259. The molecule has 0 aromatic rings. The highest BCUT2D eigenvalue weighted by atomic mass is 32.2. The number of unbranched alkanes of at least 4 members (excludes halogenated alkanes) is 3. The maximum atomic E-state index is 14.3. The van der Waals surface area contributed by atoms with E-state index in [1.54, 1.807) is 16.7 Å². The summed E-state index contributed by atoms with van der Waals surface area (Å²) in [6.45, 7) is 6.02. The number of aliphatic hydroxyl groups is 1. The molecule has 216 valence electrons. The molecule has 0 radical (unpaired) electrons. The highest BCUT2D eigenvalue weighted by Gasteiger charge is 2.70. The molecule has 5 aliphatic rings. The number of cyclic esters (lactones) is 1. The number of carbonyl (C=O) groups is 3. The molecule has 5 heterocycles. The summed E-state index contributed by atoms with van der Waals surface area (Å²) in [7, 11) is 0. The predicted molar refractivity (Wildman–Crippen MR) is 149 cm³/mol. The Balaban J connectivity index is 1.43. The SMILES string of the molecule is O=C1OCCCC/C=C\[C@@H]2S[C@]34C=CCN(CCN5CCOCC5)C(=O)C3N(CCCCCCO)C(=O)[C@@H]4[C@H]12. The van der Waals surface area contributed by atoms with Gasteiger partial charge < -0.3 is 24.4 Å². The predicted octanol–water partition coefficient (Wildman–Crippen LogP) is 1.85. The fraction of sp³-hybridized carbons (Fsp3) is 0.759. The van der Waals surface area contributed by atoms with Crippen molar-refractivity contribution in [2.75, 3.05) is 65.7 Å². The normalized spacial score (nSPS) is 34.3. The number of morpholine rings is 1. The van der Waals surface area contributed by atoms with Crippen LogP contribution in [-0.2, 0) is 23.9 Å². The third-order valence-corrected chi connectivity index (χ3v) is 10.5. The van der Waals surface area contributed by atoms with Crippen molar-refractivity contribution in [3.8, 4) is 0 Å². The number of carbonyl (C=O) groups excluding carboxylic acids is 3. The smallest absolute Gasteiger partial charge is 0.311 e. The first-order chi connectivity index (χ1) is 19.1. The molecule has 5 aliphatic heterocycles. The number of aliphatic hydroxyl groups excluding tert-OH is 1. The van der Waals surface area contributed by atoms with Gasteiger partial charge in [0.05, 0.1) is 36.4 Å². The number of thioether (sulfide) groups is 1. The van der Waals surface area contributed by atoms with E-state index in [0.29, 0.717) is 39.5 Å². The minimum Gasteiger partial charge on any atom is -0.465 e. The van der Waals surface area contributed by atoms with Gasteiger partial charge in [-0.25, -0.2) is 0 Å². The van der Waals surface area contributed by atoms with Crippen molar-refractivity contribution in [1.82, 2.24) is 14.7 Å². The minimum atomic E-state index is -0.792. The van der Waals surface area contributed by atoms with E-state index in [2.05, 4.69) is 23.1 Å². The van der Waals surface area contributed by atoms with Gasteiger partial charge in [0.2, 0.25) is 11.8 Å². The van der Waals surface area contributed by atoms with Crippen LogP contribution in [0, 0.1) is 11.8 Å². The molecule has 3 saturated heterocycles. The monoisotopic (exact) mass is 561 g/mol. The molecule has 1 unspecified atom stereocenters. The molecule has 2 amide bonds. The first-order valence-corrected chi connectivity index (χ1v) is 15.6. The van der Waals surface area contributed by atoms with Gasteiger partial charge in [-0.2, -0.15) is 0 Å². The maximum Gasteiger partial charge on any atom is 0.311 e. The van der Waals surface area contributed by atoms with Crippen LogP contribution >= 0.6 is 11.8 Å². The first kappa shape index (κ1) is 28.6. The van der Waals surface area contributed by atoms with Crippen LogP contribution in [0.3, 0.4) is 0 Å². The van der Waals surface area contributed by atoms with Crippen LogP contribution in [0.1, 0.15) is 44.9 Å². The van der Waals surface area contributed by atoms with Gasteiger partial charge in [-0.05, 0) is 32.1 Å². The molecule has 5 atom stereocenters. The average molecular weight is 562 g/mol. The van der Waals surface area contributed by atoms with Gasteiger partial charge in [0.15, 0.2) is 0 Å². The van der Waals surface area contributed by atoms with E-state index in [1.165, 1.54) is 0 Å². The van der Waals surface area contributed by atoms with Crippen molar-refractivity contribution >= 4 is 29.5 Å². The summed E-state index contributed by atoms with van der Waals surface area (Å²) in [5.74, 6) is -1.65. The Morgan fingerprint density at radius 1 is 0.949 bits per heavy atom. The molecule has 0 saturated carbocycles. The summed E-state index contributed by atoms with van der Waals surface area (Å²) >= 11 is 1.61. The molecule has 1 spiro atoms. The molecule has 0 aliphatic carbocycles. The molecule has 0 aromatic carbocycles. The molecular formula is C29H43N3O6S. The summed E-state index contributed by atoms with van der Waals surface area (Å²) in [6.07, 6.45) is 14.3. The van der Waals surface area contributed by atoms with Crippen LogP contribution in [0.5, 0.6) is 0 Å². The van der Waals surface area contributed by atoms with Crippen molar-refractivity contribution < 1.29 is 29.0 Å². The topological polar surface area (TPSA) is 99.6 Å². The number of hydrogen-bond donors (Lipinski definition) is 1. The molecule has 3 fully saturated rings. The summed E-state index contributed by atoms with van der Waals surface area (Å²) < 4.78 is 10.4. The summed E-state index contributed by atoms with van der Waals surface area (Å²) in [5, 5.41) is 8.95. The van der Waals surface area contributed by atoms with Crippen LogP contribution in [0.2, 0.25) is 0 Å². The number of ether oxygens (including phenoxy) is 2. The first-order valence-electron chi connectivity index (χ1n) is 14.8. The van der Waals surface area contributed by atoms with Crippen molar-refractivity contribution in [2.45, 2.75) is 61.0 Å². The standard InChI is InChI=1S/C29H43N3O6S/c33-18-7-3-2-6-13-32-25-27(35)31(15-14-30-16-20-37-21-17-30)12-9-11-29(25)24(26(32)34)23-22(39-29)10-5-1-4-8-19-38-28(23)36/h5,9-11,22-25,33H,1-4,6-8,12-21H2/b10-5-/t22-,23+,24-,25?,29-/m0/s1. The lowest BCUT2D eigenvalue weighted by Gasteiger charge is -2.36. The van der Waals surface area contributed by atoms with E-state index in [4.69, 9.17) is 14.6 Å². The van der Waals surface area contributed by atoms with Crippen LogP contribution in [0.25, 0.3) is 0 Å². The van der Waals surface area contributed by atoms with Gasteiger partial charge in [0, 0.05) is 51.1 Å². The van der Waals surface area contributed by atoms with Gasteiger partial charge in [0.25, 0.3) is 0 Å². The van der Waals surface area contributed by atoms with Crippen molar-refractivity contribution in [2.24, 2.45) is 11.8 Å². The van der Waals surface area contributed by atoms with Gasteiger partial charge in [-0.3, -0.25) is 19.3 Å². The lowest BCUT2D eigenvalue weighted by Crippen LogP contribution is -2.54. The zero-order valence-electron chi connectivity index (χ0n) is 22.9. The van der Waals surface area contributed by atoms with Gasteiger partial charge in [-0.15, -0.1) is 11.8 Å². The number of hydrogen-bond acceptors (Lipinski definition) is 8. The van der Waals surface area contributed by atoms with Crippen molar-refractivity contribution in [1.29, 1.82) is 0 Å². The molecule has 39 heavy (non-hydrogen) atoms. The molecule has 0 aromatic heterocycles. The summed E-state index contributed by atoms with van der Waals surface area (Å²) in [6, 6.07) is -0.639. The lowest BCUT2D eigenvalue weighted by atomic mass is 9.78. The summed E-state index contributed by atoms with van der Waals surface area (Å²) in [4.78, 5) is 48.0. The van der Waals surface area contributed by atoms with Gasteiger partial charge in [-0.1, -0.05) is 37.1 Å². The lowest BCUT2D eigenvalue weighted by molar-refractivity contribution is -0.153. The number of rotatable bonds is 9. The zero-order valence-corrected chi connectivity index (χ0v) is 23.7. The number of amides is 2.